The quantitative estimate of drug-likeness (QED) is 0.213. The number of aromatic nitrogens is 3. The summed E-state index contributed by atoms with van der Waals surface area (Å²) in [4.78, 5) is 14.7. The third-order valence-electron chi connectivity index (χ3n) is 9.72. The molecule has 3 heteroatoms. The van der Waals surface area contributed by atoms with Crippen LogP contribution < -0.4 is 0 Å². The number of benzene rings is 6. The molecule has 228 valence electrons. The van der Waals surface area contributed by atoms with Gasteiger partial charge in [0.2, 0.25) is 0 Å². The van der Waals surface area contributed by atoms with E-state index < -0.39 is 0 Å². The summed E-state index contributed by atoms with van der Waals surface area (Å²) in [6.07, 6.45) is 0. The van der Waals surface area contributed by atoms with Gasteiger partial charge in [0.25, 0.3) is 0 Å². The summed E-state index contributed by atoms with van der Waals surface area (Å²) < 4.78 is 0. The van der Waals surface area contributed by atoms with E-state index in [0.717, 1.165) is 89.4 Å². The van der Waals surface area contributed by atoms with Gasteiger partial charge < -0.3 is 4.98 Å². The molecule has 0 unspecified atom stereocenters. The largest absolute Gasteiger partial charge is 0.353 e. The van der Waals surface area contributed by atoms with E-state index in [1.807, 2.05) is 0 Å². The van der Waals surface area contributed by atoms with Crippen LogP contribution in [0.3, 0.4) is 0 Å². The molecule has 3 aromatic heterocycles. The summed E-state index contributed by atoms with van der Waals surface area (Å²) >= 11 is 0. The number of nitrogens with zero attached hydrogens (tertiary/aromatic N) is 2. The minimum absolute atomic E-state index is 0.917. The molecule has 0 fully saturated rings. The number of H-pyrrole nitrogens is 1. The molecular formula is C46H29N3. The smallest absolute Gasteiger partial charge is 0.0736 e. The van der Waals surface area contributed by atoms with Crippen molar-refractivity contribution in [3.63, 3.8) is 0 Å². The molecule has 0 aliphatic carbocycles. The number of nitrogens with one attached hydrogen (secondary N) is 1. The standard InChI is InChI=1S/C46H29N3/c1-4-12-29(13-5-1)32-22-35-24-36(23-32)42-26-34(31-16-8-3-9-17-31)28-44(48-42)40-21-11-19-38-37-18-10-20-39(45(37)49-46(38)40)43-27-33(25-41(35)47-43)30-14-6-2-7-15-30/h1-28,49H. The van der Waals surface area contributed by atoms with Crippen LogP contribution in [-0.4, -0.2) is 15.0 Å². The van der Waals surface area contributed by atoms with Crippen LogP contribution in [0.4, 0.5) is 0 Å². The van der Waals surface area contributed by atoms with Gasteiger partial charge in [-0.25, -0.2) is 9.97 Å². The van der Waals surface area contributed by atoms with Crippen LogP contribution in [0.25, 0.3) is 100 Å². The molecule has 0 amide bonds. The molecule has 10 rings (SSSR count). The lowest BCUT2D eigenvalue weighted by Gasteiger charge is -2.15. The Morgan fingerprint density at radius 2 is 0.653 bits per heavy atom. The number of hydrogen-bond acceptors (Lipinski definition) is 2. The van der Waals surface area contributed by atoms with Gasteiger partial charge in [0.15, 0.2) is 0 Å². The average Bonchev–Trinajstić information content (AvgIpc) is 3.57. The van der Waals surface area contributed by atoms with Gasteiger partial charge in [-0.3, -0.25) is 0 Å². The third-order valence-corrected chi connectivity index (χ3v) is 9.72. The number of pyridine rings is 2. The second-order valence-electron chi connectivity index (χ2n) is 12.7. The Bertz CT molecular complexity index is 2530. The second-order valence-corrected chi connectivity index (χ2v) is 12.7. The predicted octanol–water partition coefficient (Wildman–Crippen LogP) is 12.1. The molecule has 9 aromatic rings. The Balaban J connectivity index is 1.36. The lowest BCUT2D eigenvalue weighted by atomic mass is 9.93. The lowest BCUT2D eigenvalue weighted by molar-refractivity contribution is 1.30. The van der Waals surface area contributed by atoms with Gasteiger partial charge in [0.1, 0.15) is 0 Å². The van der Waals surface area contributed by atoms with Crippen molar-refractivity contribution in [2.24, 2.45) is 0 Å². The molecule has 0 spiro atoms. The lowest BCUT2D eigenvalue weighted by Crippen LogP contribution is -1.96. The normalized spacial score (nSPS) is 11.7. The zero-order valence-electron chi connectivity index (χ0n) is 26.6. The monoisotopic (exact) mass is 623 g/mol. The van der Waals surface area contributed by atoms with E-state index >= 15 is 0 Å². The minimum Gasteiger partial charge on any atom is -0.353 e. The van der Waals surface area contributed by atoms with Crippen molar-refractivity contribution in [2.75, 3.05) is 0 Å². The van der Waals surface area contributed by atoms with Crippen molar-refractivity contribution in [1.29, 1.82) is 0 Å². The Morgan fingerprint density at radius 3 is 1.08 bits per heavy atom. The highest BCUT2D eigenvalue weighted by Crippen LogP contribution is 2.41. The van der Waals surface area contributed by atoms with E-state index in [1.165, 1.54) is 10.8 Å². The van der Waals surface area contributed by atoms with Crippen molar-refractivity contribution in [2.45, 2.75) is 0 Å². The van der Waals surface area contributed by atoms with Gasteiger partial charge in [-0.2, -0.15) is 0 Å². The Morgan fingerprint density at radius 1 is 0.286 bits per heavy atom. The van der Waals surface area contributed by atoms with Gasteiger partial charge in [-0.05, 0) is 75.8 Å². The number of para-hydroxylation sites is 2. The summed E-state index contributed by atoms with van der Waals surface area (Å²) in [5.41, 5.74) is 16.9. The van der Waals surface area contributed by atoms with E-state index in [-0.39, 0.29) is 0 Å². The van der Waals surface area contributed by atoms with E-state index in [4.69, 9.17) is 9.97 Å². The fourth-order valence-corrected chi connectivity index (χ4v) is 7.32. The molecule has 1 aliphatic rings. The molecule has 3 nitrogen and oxygen atoms in total. The molecule has 4 heterocycles. The number of rotatable bonds is 3. The molecule has 0 saturated carbocycles. The van der Waals surface area contributed by atoms with Crippen molar-refractivity contribution in [3.05, 3.63) is 170 Å². The molecule has 0 atom stereocenters. The van der Waals surface area contributed by atoms with Crippen molar-refractivity contribution < 1.29 is 0 Å². The maximum Gasteiger partial charge on any atom is 0.0736 e. The summed E-state index contributed by atoms with van der Waals surface area (Å²) in [5.74, 6) is 0. The van der Waals surface area contributed by atoms with Crippen LogP contribution in [0.1, 0.15) is 0 Å². The fourth-order valence-electron chi connectivity index (χ4n) is 7.32. The number of fused-ring (bicyclic) bond motifs is 11. The minimum atomic E-state index is 0.917. The molecule has 8 bridgehead atoms. The van der Waals surface area contributed by atoms with Crippen LogP contribution in [0, 0.1) is 0 Å². The SMILES string of the molecule is c1ccc(-c2cc3cc(c2)-c2cc(-c4ccccc4)cc(n2)-c2cccc4c2[nH]c2c(cccc24)-c2cc(-c4ccccc4)cc-3n2)cc1. The fraction of sp³-hybridized carbons (Fsp3) is 0. The number of hydrogen-bond donors (Lipinski definition) is 1. The van der Waals surface area contributed by atoms with Crippen LogP contribution in [0.2, 0.25) is 0 Å². The van der Waals surface area contributed by atoms with Gasteiger partial charge in [0, 0.05) is 33.0 Å². The highest BCUT2D eigenvalue weighted by atomic mass is 14.8. The van der Waals surface area contributed by atoms with E-state index in [1.54, 1.807) is 0 Å². The maximum atomic E-state index is 5.43. The summed E-state index contributed by atoms with van der Waals surface area (Å²) in [6, 6.07) is 60.5. The molecule has 1 N–H and O–H groups in total. The maximum absolute atomic E-state index is 5.43. The van der Waals surface area contributed by atoms with Gasteiger partial charge >= 0.3 is 0 Å². The third kappa shape index (κ3) is 4.67. The Labute approximate surface area is 284 Å². The summed E-state index contributed by atoms with van der Waals surface area (Å²) in [5, 5.41) is 2.34. The highest BCUT2D eigenvalue weighted by molar-refractivity contribution is 6.15. The first-order chi connectivity index (χ1) is 24.2. The number of aromatic amines is 1. The Hall–Kier alpha value is -6.58. The first kappa shape index (κ1) is 27.5. The van der Waals surface area contributed by atoms with Crippen molar-refractivity contribution in [3.8, 4) is 78.4 Å². The van der Waals surface area contributed by atoms with Crippen LogP contribution in [0.5, 0.6) is 0 Å². The van der Waals surface area contributed by atoms with E-state index in [0.29, 0.717) is 0 Å². The zero-order chi connectivity index (χ0) is 32.3. The van der Waals surface area contributed by atoms with Gasteiger partial charge in [-0.15, -0.1) is 0 Å². The topological polar surface area (TPSA) is 41.6 Å². The highest BCUT2D eigenvalue weighted by Gasteiger charge is 2.19. The van der Waals surface area contributed by atoms with Crippen LogP contribution in [0.15, 0.2) is 170 Å². The first-order valence-corrected chi connectivity index (χ1v) is 16.7. The van der Waals surface area contributed by atoms with Crippen molar-refractivity contribution >= 4 is 21.8 Å². The van der Waals surface area contributed by atoms with Gasteiger partial charge in [0.05, 0.1) is 33.8 Å². The molecule has 0 saturated heterocycles. The molecular weight excluding hydrogens is 595 g/mol. The van der Waals surface area contributed by atoms with E-state index in [9.17, 15) is 0 Å². The van der Waals surface area contributed by atoms with Crippen LogP contribution >= 0.6 is 0 Å². The van der Waals surface area contributed by atoms with E-state index in [2.05, 4.69) is 175 Å². The Kier molecular flexibility index (Phi) is 6.18. The van der Waals surface area contributed by atoms with Crippen LogP contribution in [-0.2, 0) is 0 Å². The average molecular weight is 624 g/mol. The van der Waals surface area contributed by atoms with Crippen molar-refractivity contribution in [1.82, 2.24) is 15.0 Å². The first-order valence-electron chi connectivity index (χ1n) is 16.7. The zero-order valence-corrected chi connectivity index (χ0v) is 26.6. The molecule has 0 radical (unpaired) electrons. The second kappa shape index (κ2) is 11.0. The van der Waals surface area contributed by atoms with Gasteiger partial charge in [-0.1, -0.05) is 127 Å². The summed E-state index contributed by atoms with van der Waals surface area (Å²) in [7, 11) is 0. The predicted molar refractivity (Wildman–Crippen MR) is 203 cm³/mol. The molecule has 49 heavy (non-hydrogen) atoms. The summed E-state index contributed by atoms with van der Waals surface area (Å²) in [6.45, 7) is 0. The molecule has 6 aromatic carbocycles. The molecule has 1 aliphatic heterocycles.